The molecule has 0 radical (unpaired) electrons. The lowest BCUT2D eigenvalue weighted by Gasteiger charge is -2.38. The maximum Gasteiger partial charge on any atom is 0.253 e. The molecule has 1 atom stereocenters. The van der Waals surface area contributed by atoms with Gasteiger partial charge in [0.25, 0.3) is 5.91 Å². The summed E-state index contributed by atoms with van der Waals surface area (Å²) < 4.78 is 0. The van der Waals surface area contributed by atoms with Crippen molar-refractivity contribution >= 4 is 35.1 Å². The van der Waals surface area contributed by atoms with Crippen molar-refractivity contribution in [1.82, 2.24) is 25.2 Å². The van der Waals surface area contributed by atoms with Gasteiger partial charge >= 0.3 is 0 Å². The number of anilines is 4. The Morgan fingerprint density at radius 3 is 2.41 bits per heavy atom. The summed E-state index contributed by atoms with van der Waals surface area (Å²) in [5.41, 5.74) is 1.28. The zero-order valence-electron chi connectivity index (χ0n) is 23.5. The van der Waals surface area contributed by atoms with Crippen molar-refractivity contribution < 1.29 is 9.59 Å². The molecule has 210 valence electrons. The number of carbonyl (C=O) groups is 2. The van der Waals surface area contributed by atoms with Crippen LogP contribution in [0.4, 0.5) is 23.3 Å². The van der Waals surface area contributed by atoms with E-state index in [0.29, 0.717) is 35.8 Å². The molecule has 3 aliphatic rings. The van der Waals surface area contributed by atoms with E-state index in [0.717, 1.165) is 69.5 Å². The number of nitrogens with zero attached hydrogens (tertiary/aromatic N) is 6. The number of hydrogen-bond acceptors (Lipinski definition) is 8. The molecule has 2 amide bonds. The van der Waals surface area contributed by atoms with Crippen LogP contribution in [0.25, 0.3) is 0 Å². The Bertz CT molecular complexity index is 1140. The maximum absolute atomic E-state index is 12.9. The van der Waals surface area contributed by atoms with Gasteiger partial charge < -0.3 is 25.3 Å². The van der Waals surface area contributed by atoms with Crippen LogP contribution >= 0.6 is 0 Å². The quantitative estimate of drug-likeness (QED) is 0.590. The average Bonchev–Trinajstić information content (AvgIpc) is 3.46. The Hall–Kier alpha value is -3.27. The fourth-order valence-corrected chi connectivity index (χ4v) is 6.07. The van der Waals surface area contributed by atoms with Crippen LogP contribution in [-0.4, -0.2) is 77.0 Å². The molecule has 0 spiro atoms. The van der Waals surface area contributed by atoms with Crippen molar-refractivity contribution in [3.8, 4) is 0 Å². The topological polar surface area (TPSA) is 107 Å². The van der Waals surface area contributed by atoms with Crippen LogP contribution in [0.15, 0.2) is 24.5 Å². The van der Waals surface area contributed by atoms with Crippen molar-refractivity contribution in [2.24, 2.45) is 0 Å². The fraction of sp³-hybridized carbons (Fsp3) is 0.621. The maximum atomic E-state index is 12.9. The van der Waals surface area contributed by atoms with Crippen LogP contribution in [0.1, 0.15) is 81.5 Å². The molecule has 4 heterocycles. The first-order chi connectivity index (χ1) is 18.9. The van der Waals surface area contributed by atoms with Crippen LogP contribution in [0.5, 0.6) is 0 Å². The molecular weight excluding hydrogens is 492 g/mol. The minimum atomic E-state index is -0.0955. The largest absolute Gasteiger partial charge is 0.349 e. The Morgan fingerprint density at radius 1 is 0.949 bits per heavy atom. The minimum Gasteiger partial charge on any atom is -0.349 e. The van der Waals surface area contributed by atoms with E-state index < -0.39 is 0 Å². The zero-order valence-corrected chi connectivity index (χ0v) is 23.5. The number of amides is 2. The standard InChI is InChI=1S/C29H42N8O2/c1-20-8-4-7-11-26(38)36(3)24-19-31-29(34-27(24)37(20)23-9-5-6-10-23)33-25-13-12-21(18-30-25)28(39)32-22-14-16-35(2)17-15-22/h12-13,18-20,22-23H,4-11,14-17H2,1-3H3,(H,32,39)(H,30,31,33,34)/t20-/m0/s1. The van der Waals surface area contributed by atoms with Crippen molar-refractivity contribution in [1.29, 1.82) is 0 Å². The van der Waals surface area contributed by atoms with Crippen LogP contribution < -0.4 is 20.4 Å². The zero-order chi connectivity index (χ0) is 27.4. The lowest BCUT2D eigenvalue weighted by molar-refractivity contribution is -0.118. The fourth-order valence-electron chi connectivity index (χ4n) is 6.07. The van der Waals surface area contributed by atoms with Crippen LogP contribution in [0.3, 0.4) is 0 Å². The molecule has 0 bridgehead atoms. The van der Waals surface area contributed by atoms with Crippen LogP contribution in [-0.2, 0) is 4.79 Å². The molecule has 2 aromatic rings. The highest BCUT2D eigenvalue weighted by Gasteiger charge is 2.32. The first-order valence-corrected chi connectivity index (χ1v) is 14.5. The Labute approximate surface area is 231 Å². The van der Waals surface area contributed by atoms with Crippen molar-refractivity contribution in [3.05, 3.63) is 30.1 Å². The Morgan fingerprint density at radius 2 is 1.69 bits per heavy atom. The molecule has 1 aliphatic carbocycles. The highest BCUT2D eigenvalue weighted by molar-refractivity contribution is 5.96. The van der Waals surface area contributed by atoms with Gasteiger partial charge in [-0.2, -0.15) is 4.98 Å². The summed E-state index contributed by atoms with van der Waals surface area (Å²) in [4.78, 5) is 46.1. The van der Waals surface area contributed by atoms with E-state index in [9.17, 15) is 9.59 Å². The Kier molecular flexibility index (Phi) is 8.60. The molecule has 2 fully saturated rings. The van der Waals surface area contributed by atoms with Gasteiger partial charge in [-0.3, -0.25) is 9.59 Å². The predicted molar refractivity (Wildman–Crippen MR) is 154 cm³/mol. The van der Waals surface area contributed by atoms with Crippen molar-refractivity contribution in [2.75, 3.05) is 42.3 Å². The van der Waals surface area contributed by atoms with Gasteiger partial charge in [-0.15, -0.1) is 0 Å². The van der Waals surface area contributed by atoms with E-state index in [-0.39, 0.29) is 17.9 Å². The van der Waals surface area contributed by atoms with E-state index in [1.54, 1.807) is 29.4 Å². The molecule has 1 saturated heterocycles. The lowest BCUT2D eigenvalue weighted by Crippen LogP contribution is -2.43. The van der Waals surface area contributed by atoms with E-state index in [2.05, 4.69) is 44.4 Å². The molecule has 2 aliphatic heterocycles. The number of aromatic nitrogens is 3. The van der Waals surface area contributed by atoms with Gasteiger partial charge in [0.05, 0.1) is 11.8 Å². The van der Waals surface area contributed by atoms with E-state index in [4.69, 9.17) is 4.98 Å². The smallest absolute Gasteiger partial charge is 0.253 e. The SMILES string of the molecule is C[C@H]1CCCCC(=O)N(C)c2cnc(Nc3ccc(C(=O)NC4CCN(C)CC4)cn3)nc2N1C1CCCC1. The summed E-state index contributed by atoms with van der Waals surface area (Å²) in [5, 5.41) is 6.36. The molecule has 5 rings (SSSR count). The second kappa shape index (κ2) is 12.3. The first-order valence-electron chi connectivity index (χ1n) is 14.5. The van der Waals surface area contributed by atoms with Crippen LogP contribution in [0, 0.1) is 0 Å². The highest BCUT2D eigenvalue weighted by Crippen LogP contribution is 2.37. The van der Waals surface area contributed by atoms with Gasteiger partial charge in [0, 0.05) is 37.8 Å². The van der Waals surface area contributed by atoms with Gasteiger partial charge in [0.15, 0.2) is 5.82 Å². The molecule has 0 unspecified atom stereocenters. The molecule has 2 aromatic heterocycles. The molecular formula is C29H42N8O2. The summed E-state index contributed by atoms with van der Waals surface area (Å²) in [6, 6.07) is 4.49. The van der Waals surface area contributed by atoms with Crippen molar-refractivity contribution in [2.45, 2.75) is 89.3 Å². The van der Waals surface area contributed by atoms with Crippen molar-refractivity contribution in [3.63, 3.8) is 0 Å². The second-order valence-electron chi connectivity index (χ2n) is 11.4. The average molecular weight is 535 g/mol. The number of pyridine rings is 1. The number of rotatable bonds is 5. The summed E-state index contributed by atoms with van der Waals surface area (Å²) in [7, 11) is 3.93. The monoisotopic (exact) mass is 534 g/mol. The van der Waals surface area contributed by atoms with Gasteiger partial charge in [0.2, 0.25) is 11.9 Å². The number of carbonyl (C=O) groups excluding carboxylic acids is 2. The predicted octanol–water partition coefficient (Wildman–Crippen LogP) is 4.11. The summed E-state index contributed by atoms with van der Waals surface area (Å²) in [5.74, 6) is 1.80. The summed E-state index contributed by atoms with van der Waals surface area (Å²) in [6.45, 7) is 4.26. The number of piperidine rings is 1. The first kappa shape index (κ1) is 27.3. The molecule has 2 N–H and O–H groups in total. The number of hydrogen-bond donors (Lipinski definition) is 2. The summed E-state index contributed by atoms with van der Waals surface area (Å²) >= 11 is 0. The third-order valence-corrected chi connectivity index (χ3v) is 8.50. The molecule has 1 saturated carbocycles. The van der Waals surface area contributed by atoms with Crippen LogP contribution in [0.2, 0.25) is 0 Å². The van der Waals surface area contributed by atoms with Gasteiger partial charge in [-0.05, 0) is 77.7 Å². The lowest BCUT2D eigenvalue weighted by atomic mass is 10.0. The number of fused-ring (bicyclic) bond motifs is 1. The highest BCUT2D eigenvalue weighted by atomic mass is 16.2. The molecule has 39 heavy (non-hydrogen) atoms. The molecule has 10 heteroatoms. The molecule has 0 aromatic carbocycles. The molecule has 10 nitrogen and oxygen atoms in total. The summed E-state index contributed by atoms with van der Waals surface area (Å²) in [6.07, 6.45) is 13.5. The van der Waals surface area contributed by atoms with E-state index in [1.165, 1.54) is 12.8 Å². The normalized spacial score (nSPS) is 22.0. The number of likely N-dealkylation sites (tertiary alicyclic amines) is 1. The van der Waals surface area contributed by atoms with Gasteiger partial charge in [-0.1, -0.05) is 19.3 Å². The van der Waals surface area contributed by atoms with Gasteiger partial charge in [0.1, 0.15) is 11.5 Å². The Balaban J connectivity index is 1.35. The third-order valence-electron chi connectivity index (χ3n) is 8.50. The van der Waals surface area contributed by atoms with E-state index in [1.807, 2.05) is 7.05 Å². The second-order valence-corrected chi connectivity index (χ2v) is 11.4. The minimum absolute atomic E-state index is 0.0947. The third kappa shape index (κ3) is 6.49. The van der Waals surface area contributed by atoms with E-state index >= 15 is 0 Å². The van der Waals surface area contributed by atoms with Gasteiger partial charge in [-0.25, -0.2) is 9.97 Å². The number of nitrogens with one attached hydrogen (secondary N) is 2.